The Morgan fingerprint density at radius 2 is 1.67 bits per heavy atom. The van der Waals surface area contributed by atoms with Gasteiger partial charge in [-0.3, -0.25) is 0 Å². The van der Waals surface area contributed by atoms with Crippen LogP contribution in [-0.4, -0.2) is 9.55 Å². The average Bonchev–Trinajstić information content (AvgIpc) is 2.99. The molecule has 2 heteroatoms. The summed E-state index contributed by atoms with van der Waals surface area (Å²) < 4.78 is 2.39. The number of hydrogen-bond donors (Lipinski definition) is 0. The minimum absolute atomic E-state index is 0.645. The normalized spacial score (nSPS) is 16.4. The van der Waals surface area contributed by atoms with Gasteiger partial charge in [-0.25, -0.2) is 4.98 Å². The largest absolute Gasteiger partial charge is 0.327 e. The van der Waals surface area contributed by atoms with Crippen LogP contribution in [0.4, 0.5) is 0 Å². The molecule has 1 aliphatic carbocycles. The highest BCUT2D eigenvalue weighted by atomic mass is 15.1. The van der Waals surface area contributed by atoms with Gasteiger partial charge in [-0.15, -0.1) is 0 Å². The van der Waals surface area contributed by atoms with E-state index in [-0.39, 0.29) is 0 Å². The van der Waals surface area contributed by atoms with Gasteiger partial charge >= 0.3 is 0 Å². The molecule has 1 saturated carbocycles. The second-order valence-corrected chi connectivity index (χ2v) is 6.01. The zero-order valence-corrected chi connectivity index (χ0v) is 12.2. The first-order valence-corrected chi connectivity index (χ1v) is 7.94. The van der Waals surface area contributed by atoms with Crippen molar-refractivity contribution >= 4 is 11.0 Å². The Bertz CT molecular complexity index is 737. The van der Waals surface area contributed by atoms with Crippen LogP contribution in [0.15, 0.2) is 54.9 Å². The fraction of sp³-hybridized carbons (Fsp3) is 0.316. The third kappa shape index (κ3) is 2.35. The lowest BCUT2D eigenvalue weighted by molar-refractivity contribution is 0.359. The van der Waals surface area contributed by atoms with Crippen LogP contribution < -0.4 is 0 Å². The number of nitrogens with zero attached hydrogens (tertiary/aromatic N) is 2. The van der Waals surface area contributed by atoms with Crippen LogP contribution in [0.1, 0.15) is 38.1 Å². The Balaban J connectivity index is 1.73. The first kappa shape index (κ1) is 12.6. The van der Waals surface area contributed by atoms with Crippen molar-refractivity contribution in [1.29, 1.82) is 0 Å². The van der Waals surface area contributed by atoms with Crippen molar-refractivity contribution in [2.75, 3.05) is 0 Å². The van der Waals surface area contributed by atoms with E-state index in [0.29, 0.717) is 6.04 Å². The lowest BCUT2D eigenvalue weighted by Crippen LogP contribution is -2.11. The topological polar surface area (TPSA) is 17.8 Å². The summed E-state index contributed by atoms with van der Waals surface area (Å²) in [6, 6.07) is 17.8. The molecule has 1 aliphatic rings. The van der Waals surface area contributed by atoms with Gasteiger partial charge in [0.2, 0.25) is 0 Å². The van der Waals surface area contributed by atoms with Gasteiger partial charge in [0.15, 0.2) is 0 Å². The predicted octanol–water partition coefficient (Wildman–Crippen LogP) is 5.21. The van der Waals surface area contributed by atoms with Crippen LogP contribution in [-0.2, 0) is 0 Å². The summed E-state index contributed by atoms with van der Waals surface area (Å²) in [5.41, 5.74) is 4.90. The van der Waals surface area contributed by atoms with Crippen molar-refractivity contribution in [3.63, 3.8) is 0 Å². The lowest BCUT2D eigenvalue weighted by Gasteiger charge is -2.23. The lowest BCUT2D eigenvalue weighted by atomic mass is 9.95. The molecule has 2 aromatic carbocycles. The van der Waals surface area contributed by atoms with E-state index in [1.807, 2.05) is 6.33 Å². The van der Waals surface area contributed by atoms with Crippen molar-refractivity contribution < 1.29 is 0 Å². The van der Waals surface area contributed by atoms with Crippen LogP contribution in [0.3, 0.4) is 0 Å². The highest BCUT2D eigenvalue weighted by Gasteiger charge is 2.17. The summed E-state index contributed by atoms with van der Waals surface area (Å²) in [6.07, 6.45) is 8.73. The maximum Gasteiger partial charge on any atom is 0.0960 e. The van der Waals surface area contributed by atoms with E-state index in [1.165, 1.54) is 48.7 Å². The monoisotopic (exact) mass is 276 g/mol. The minimum Gasteiger partial charge on any atom is -0.327 e. The quantitative estimate of drug-likeness (QED) is 0.628. The molecule has 0 saturated heterocycles. The van der Waals surface area contributed by atoms with Gasteiger partial charge in [0.1, 0.15) is 0 Å². The molecule has 3 aromatic rings. The molecule has 0 unspecified atom stereocenters. The Hall–Kier alpha value is -2.09. The van der Waals surface area contributed by atoms with Crippen LogP contribution in [0.5, 0.6) is 0 Å². The van der Waals surface area contributed by atoms with Gasteiger partial charge in [0, 0.05) is 6.04 Å². The number of imidazole rings is 1. The van der Waals surface area contributed by atoms with E-state index in [2.05, 4.69) is 58.1 Å². The van der Waals surface area contributed by atoms with Crippen LogP contribution in [0.25, 0.3) is 22.2 Å². The Kier molecular flexibility index (Phi) is 3.23. The number of fused-ring (bicyclic) bond motifs is 1. The molecule has 21 heavy (non-hydrogen) atoms. The van der Waals surface area contributed by atoms with Crippen molar-refractivity contribution in [2.45, 2.75) is 38.1 Å². The maximum atomic E-state index is 4.64. The standard InChI is InChI=1S/C19H20N2/c1-3-7-15(8-4-1)16-11-12-19-18(13-16)20-14-21(19)17-9-5-2-6-10-17/h1,3-4,7-8,11-14,17H,2,5-6,9-10H2. The Morgan fingerprint density at radius 3 is 2.48 bits per heavy atom. The fourth-order valence-corrected chi connectivity index (χ4v) is 3.49. The van der Waals surface area contributed by atoms with E-state index >= 15 is 0 Å². The number of hydrogen-bond acceptors (Lipinski definition) is 1. The average molecular weight is 276 g/mol. The molecule has 0 radical (unpaired) electrons. The molecule has 0 spiro atoms. The molecule has 0 amide bonds. The summed E-state index contributed by atoms with van der Waals surface area (Å²) in [4.78, 5) is 4.64. The van der Waals surface area contributed by atoms with E-state index in [9.17, 15) is 0 Å². The van der Waals surface area contributed by atoms with Crippen molar-refractivity contribution in [2.24, 2.45) is 0 Å². The number of rotatable bonds is 2. The van der Waals surface area contributed by atoms with Crippen molar-refractivity contribution in [1.82, 2.24) is 9.55 Å². The second kappa shape index (κ2) is 5.36. The van der Waals surface area contributed by atoms with Gasteiger partial charge in [-0.2, -0.15) is 0 Å². The molecule has 1 aromatic heterocycles. The maximum absolute atomic E-state index is 4.64. The van der Waals surface area contributed by atoms with Crippen molar-refractivity contribution in [3.8, 4) is 11.1 Å². The predicted molar refractivity (Wildman–Crippen MR) is 87.3 cm³/mol. The summed E-state index contributed by atoms with van der Waals surface area (Å²) in [5, 5.41) is 0. The molecular weight excluding hydrogens is 256 g/mol. The highest BCUT2D eigenvalue weighted by molar-refractivity contribution is 5.82. The zero-order valence-electron chi connectivity index (χ0n) is 12.2. The molecule has 1 heterocycles. The summed E-state index contributed by atoms with van der Waals surface area (Å²) >= 11 is 0. The number of aromatic nitrogens is 2. The van der Waals surface area contributed by atoms with Gasteiger partial charge in [0.05, 0.1) is 17.4 Å². The van der Waals surface area contributed by atoms with Crippen LogP contribution in [0, 0.1) is 0 Å². The van der Waals surface area contributed by atoms with E-state index in [1.54, 1.807) is 0 Å². The van der Waals surface area contributed by atoms with E-state index in [4.69, 9.17) is 0 Å². The van der Waals surface area contributed by atoms with E-state index < -0.39 is 0 Å². The highest BCUT2D eigenvalue weighted by Crippen LogP contribution is 2.32. The van der Waals surface area contributed by atoms with E-state index in [0.717, 1.165) is 5.52 Å². The molecule has 106 valence electrons. The first-order valence-electron chi connectivity index (χ1n) is 7.94. The molecule has 1 fully saturated rings. The SMILES string of the molecule is c1ccc(-c2ccc3c(c2)ncn3C2CCCCC2)cc1. The fourth-order valence-electron chi connectivity index (χ4n) is 3.49. The third-order valence-electron chi connectivity index (χ3n) is 4.65. The van der Waals surface area contributed by atoms with Gasteiger partial charge in [-0.1, -0.05) is 55.7 Å². The molecule has 2 nitrogen and oxygen atoms in total. The Labute approximate surface area is 125 Å². The second-order valence-electron chi connectivity index (χ2n) is 6.01. The zero-order chi connectivity index (χ0) is 14.1. The van der Waals surface area contributed by atoms with Gasteiger partial charge in [0.25, 0.3) is 0 Å². The number of benzene rings is 2. The van der Waals surface area contributed by atoms with Crippen LogP contribution in [0.2, 0.25) is 0 Å². The molecule has 0 bridgehead atoms. The third-order valence-corrected chi connectivity index (χ3v) is 4.65. The molecule has 0 N–H and O–H groups in total. The molecule has 0 aliphatic heterocycles. The molecular formula is C19H20N2. The minimum atomic E-state index is 0.645. The van der Waals surface area contributed by atoms with Crippen LogP contribution >= 0.6 is 0 Å². The smallest absolute Gasteiger partial charge is 0.0960 e. The van der Waals surface area contributed by atoms with Gasteiger partial charge in [-0.05, 0) is 36.1 Å². The van der Waals surface area contributed by atoms with Crippen molar-refractivity contribution in [3.05, 3.63) is 54.9 Å². The first-order chi connectivity index (χ1) is 10.4. The summed E-state index contributed by atoms with van der Waals surface area (Å²) in [7, 11) is 0. The molecule has 4 rings (SSSR count). The summed E-state index contributed by atoms with van der Waals surface area (Å²) in [6.45, 7) is 0. The Morgan fingerprint density at radius 1 is 0.857 bits per heavy atom. The summed E-state index contributed by atoms with van der Waals surface area (Å²) in [5.74, 6) is 0. The molecule has 0 atom stereocenters. The van der Waals surface area contributed by atoms with Gasteiger partial charge < -0.3 is 4.57 Å².